The molecule has 2 saturated carbocycles. The first kappa shape index (κ1) is 24.1. The zero-order valence-corrected chi connectivity index (χ0v) is 22.8. The van der Waals surface area contributed by atoms with E-state index in [0.29, 0.717) is 0 Å². The molecule has 182 valence electrons. The molecule has 0 aliphatic heterocycles. The first-order valence-electron chi connectivity index (χ1n) is 13.7. The Labute approximate surface area is 219 Å². The molecular weight excluding hydrogens is 470 g/mol. The van der Waals surface area contributed by atoms with Gasteiger partial charge < -0.3 is 0 Å². The molecule has 2 fully saturated rings. The molecule has 2 aliphatic carbocycles. The lowest BCUT2D eigenvalue weighted by atomic mass is 9.89. The van der Waals surface area contributed by atoms with Gasteiger partial charge in [0, 0.05) is 0 Å². The fourth-order valence-corrected chi connectivity index (χ4v) is 13.5. The Kier molecular flexibility index (Phi) is 7.65. The normalized spacial score (nSPS) is 23.9. The van der Waals surface area contributed by atoms with Crippen molar-refractivity contribution in [1.29, 1.82) is 0 Å². The van der Waals surface area contributed by atoms with Crippen LogP contribution in [0.2, 0.25) is 0 Å². The molecule has 4 atom stereocenters. The second-order valence-corrected chi connectivity index (χ2v) is 15.3. The van der Waals surface area contributed by atoms with Gasteiger partial charge in [-0.2, -0.15) is 0 Å². The summed E-state index contributed by atoms with van der Waals surface area (Å²) in [5.41, 5.74) is 1.58. The Balaban J connectivity index is 1.38. The molecule has 0 nitrogen and oxygen atoms in total. The third-order valence-corrected chi connectivity index (χ3v) is 14.4. The molecule has 0 aromatic heterocycles. The van der Waals surface area contributed by atoms with Crippen molar-refractivity contribution in [3.8, 4) is 0 Å². The van der Waals surface area contributed by atoms with E-state index >= 15 is 0 Å². The molecule has 0 radical (unpaired) electrons. The van der Waals surface area contributed by atoms with Crippen LogP contribution in [0.4, 0.5) is 0 Å². The van der Waals surface area contributed by atoms with Crippen LogP contribution >= 0.6 is 15.8 Å². The van der Waals surface area contributed by atoms with Crippen LogP contribution in [-0.4, -0.2) is 11.3 Å². The zero-order valence-electron chi connectivity index (χ0n) is 21.0. The Morgan fingerprint density at radius 2 is 0.639 bits per heavy atom. The molecule has 36 heavy (non-hydrogen) atoms. The zero-order chi connectivity index (χ0) is 24.2. The van der Waals surface area contributed by atoms with Crippen LogP contribution in [0.3, 0.4) is 0 Å². The Morgan fingerprint density at radius 3 is 0.917 bits per heavy atom. The quantitative estimate of drug-likeness (QED) is 0.227. The van der Waals surface area contributed by atoms with Gasteiger partial charge in [0.25, 0.3) is 0 Å². The minimum absolute atomic E-state index is 0.347. The first-order valence-corrected chi connectivity index (χ1v) is 16.5. The van der Waals surface area contributed by atoms with Crippen LogP contribution in [-0.2, 0) is 0 Å². The van der Waals surface area contributed by atoms with E-state index in [1.807, 2.05) is 0 Å². The van der Waals surface area contributed by atoms with Gasteiger partial charge >= 0.3 is 0 Å². The molecule has 0 bridgehead atoms. The first-order chi connectivity index (χ1) is 17.9. The van der Waals surface area contributed by atoms with Crippen molar-refractivity contribution < 1.29 is 0 Å². The second kappa shape index (κ2) is 11.4. The van der Waals surface area contributed by atoms with E-state index < -0.39 is 0 Å². The number of hydrogen-bond acceptors (Lipinski definition) is 0. The summed E-state index contributed by atoms with van der Waals surface area (Å²) in [7, 11) is -0.694. The fourth-order valence-electron chi connectivity index (χ4n) is 7.00. The summed E-state index contributed by atoms with van der Waals surface area (Å²) in [6.07, 6.45) is 8.39. The van der Waals surface area contributed by atoms with Crippen molar-refractivity contribution >= 4 is 37.1 Å². The van der Waals surface area contributed by atoms with Gasteiger partial charge in [-0.15, -0.1) is 0 Å². The molecule has 2 unspecified atom stereocenters. The molecule has 0 saturated heterocycles. The molecule has 2 aliphatic rings. The molecular formula is C34H36P2. The standard InChI is InChI=1S/C34H36P2/c1-5-15-27(16-6-1)35(28-17-7-2-8-18-28)33-25-13-23-31(33)32-24-14-26-34(32)36(29-19-9-3-10-20-29)30-21-11-4-12-22-30/h1-12,15-22,31-34H,13-14,23-26H2/t31-,32?,33-,34?/m1/s1. The van der Waals surface area contributed by atoms with Gasteiger partial charge in [0.2, 0.25) is 0 Å². The Morgan fingerprint density at radius 1 is 0.361 bits per heavy atom. The van der Waals surface area contributed by atoms with Gasteiger partial charge in [-0.05, 0) is 85.9 Å². The van der Waals surface area contributed by atoms with E-state index in [0.717, 1.165) is 23.2 Å². The average molecular weight is 507 g/mol. The van der Waals surface area contributed by atoms with Crippen LogP contribution in [0.25, 0.3) is 0 Å². The minimum atomic E-state index is -0.347. The highest BCUT2D eigenvalue weighted by atomic mass is 31.1. The largest absolute Gasteiger partial charge is 0.0622 e. The van der Waals surface area contributed by atoms with Gasteiger partial charge in [-0.1, -0.05) is 134 Å². The summed E-state index contributed by atoms with van der Waals surface area (Å²) in [5.74, 6) is 1.67. The van der Waals surface area contributed by atoms with Gasteiger partial charge in [-0.25, -0.2) is 0 Å². The number of hydrogen-bond donors (Lipinski definition) is 0. The molecule has 0 amide bonds. The van der Waals surface area contributed by atoms with Crippen molar-refractivity contribution in [2.75, 3.05) is 0 Å². The molecule has 4 aromatic carbocycles. The predicted molar refractivity (Wildman–Crippen MR) is 160 cm³/mol. The SMILES string of the molecule is c1ccc(P(c2ccccc2)C2CCCC2[C@H]2CCC[C@H]2P(c2ccccc2)c2ccccc2)cc1. The van der Waals surface area contributed by atoms with E-state index in [2.05, 4.69) is 121 Å². The molecule has 0 N–H and O–H groups in total. The lowest BCUT2D eigenvalue weighted by Gasteiger charge is -2.38. The molecule has 2 heteroatoms. The Bertz CT molecular complexity index is 1030. The average Bonchev–Trinajstić information content (AvgIpc) is 3.62. The third kappa shape index (κ3) is 4.96. The topological polar surface area (TPSA) is 0 Å². The van der Waals surface area contributed by atoms with Crippen LogP contribution < -0.4 is 21.2 Å². The van der Waals surface area contributed by atoms with Crippen LogP contribution in [0.15, 0.2) is 121 Å². The van der Waals surface area contributed by atoms with Gasteiger partial charge in [0.15, 0.2) is 0 Å². The lowest BCUT2D eigenvalue weighted by Crippen LogP contribution is -2.34. The maximum absolute atomic E-state index is 2.40. The van der Waals surface area contributed by atoms with Gasteiger partial charge in [-0.3, -0.25) is 0 Å². The summed E-state index contributed by atoms with van der Waals surface area (Å²) >= 11 is 0. The van der Waals surface area contributed by atoms with E-state index in [4.69, 9.17) is 0 Å². The molecule has 6 rings (SSSR count). The predicted octanol–water partition coefficient (Wildman–Crippen LogP) is 7.59. The van der Waals surface area contributed by atoms with Crippen molar-refractivity contribution in [3.05, 3.63) is 121 Å². The van der Waals surface area contributed by atoms with Crippen LogP contribution in [0.5, 0.6) is 0 Å². The second-order valence-electron chi connectivity index (χ2n) is 10.4. The summed E-state index contributed by atoms with van der Waals surface area (Å²) in [6, 6.07) is 45.9. The monoisotopic (exact) mass is 506 g/mol. The summed E-state index contributed by atoms with van der Waals surface area (Å²) < 4.78 is 0. The Hall–Kier alpha value is -2.26. The summed E-state index contributed by atoms with van der Waals surface area (Å²) in [6.45, 7) is 0. The van der Waals surface area contributed by atoms with Gasteiger partial charge in [0.1, 0.15) is 0 Å². The van der Waals surface area contributed by atoms with E-state index in [-0.39, 0.29) is 15.8 Å². The summed E-state index contributed by atoms with van der Waals surface area (Å²) in [4.78, 5) is 0. The minimum Gasteiger partial charge on any atom is -0.0622 e. The van der Waals surface area contributed by atoms with E-state index in [1.165, 1.54) is 38.5 Å². The number of rotatable bonds is 7. The maximum Gasteiger partial charge on any atom is -0.00976 e. The van der Waals surface area contributed by atoms with E-state index in [1.54, 1.807) is 21.2 Å². The van der Waals surface area contributed by atoms with E-state index in [9.17, 15) is 0 Å². The highest BCUT2D eigenvalue weighted by Crippen LogP contribution is 2.59. The summed E-state index contributed by atoms with van der Waals surface area (Å²) in [5, 5.41) is 6.27. The number of benzene rings is 4. The fraction of sp³-hybridized carbons (Fsp3) is 0.294. The smallest absolute Gasteiger partial charge is 0.00976 e. The highest BCUT2D eigenvalue weighted by molar-refractivity contribution is 7.74. The van der Waals surface area contributed by atoms with Crippen molar-refractivity contribution in [3.63, 3.8) is 0 Å². The van der Waals surface area contributed by atoms with Crippen molar-refractivity contribution in [2.45, 2.75) is 49.8 Å². The van der Waals surface area contributed by atoms with Crippen molar-refractivity contribution in [1.82, 2.24) is 0 Å². The third-order valence-electron chi connectivity index (χ3n) is 8.41. The lowest BCUT2D eigenvalue weighted by molar-refractivity contribution is 0.358. The molecule has 0 spiro atoms. The van der Waals surface area contributed by atoms with Crippen LogP contribution in [0, 0.1) is 11.8 Å². The molecule has 0 heterocycles. The van der Waals surface area contributed by atoms with Gasteiger partial charge in [0.05, 0.1) is 0 Å². The maximum atomic E-state index is 2.40. The van der Waals surface area contributed by atoms with Crippen LogP contribution in [0.1, 0.15) is 38.5 Å². The highest BCUT2D eigenvalue weighted by Gasteiger charge is 2.46. The molecule has 4 aromatic rings. The van der Waals surface area contributed by atoms with Crippen molar-refractivity contribution in [2.24, 2.45) is 11.8 Å².